The molecule has 0 saturated carbocycles. The van der Waals surface area contributed by atoms with Crippen molar-refractivity contribution in [1.82, 2.24) is 10.7 Å². The first-order chi connectivity index (χ1) is 10.2. The van der Waals surface area contributed by atoms with Crippen molar-refractivity contribution in [2.45, 2.75) is 19.4 Å². The number of fused-ring (bicyclic) bond motifs is 3. The van der Waals surface area contributed by atoms with E-state index in [9.17, 15) is 4.79 Å². The summed E-state index contributed by atoms with van der Waals surface area (Å²) in [4.78, 5) is 13.9. The maximum atomic E-state index is 11.9. The highest BCUT2D eigenvalue weighted by Gasteiger charge is 2.35. The molecule has 1 aromatic carbocycles. The predicted octanol–water partition coefficient (Wildman–Crippen LogP) is 0.479. The second-order valence-corrected chi connectivity index (χ2v) is 5.87. The fourth-order valence-electron chi connectivity index (χ4n) is 3.03. The summed E-state index contributed by atoms with van der Waals surface area (Å²) in [6.07, 6.45) is 1.06. The Bertz CT molecular complexity index is 624. The average Bonchev–Trinajstić information content (AvgIpc) is 2.46. The fourth-order valence-corrected chi connectivity index (χ4v) is 3.03. The molecule has 3 heterocycles. The molecule has 3 aliphatic rings. The van der Waals surface area contributed by atoms with Gasteiger partial charge in [-0.1, -0.05) is 6.07 Å². The maximum Gasteiger partial charge on any atom is 0.262 e. The molecular formula is C15H18N4O2. The molecular weight excluding hydrogens is 268 g/mol. The van der Waals surface area contributed by atoms with E-state index in [0.29, 0.717) is 12.5 Å². The minimum Gasteiger partial charge on any atom is -0.483 e. The summed E-state index contributed by atoms with van der Waals surface area (Å²) in [6, 6.07) is 6.00. The van der Waals surface area contributed by atoms with Crippen LogP contribution in [0, 0.1) is 5.92 Å². The van der Waals surface area contributed by atoms with Crippen molar-refractivity contribution >= 4 is 17.4 Å². The summed E-state index contributed by atoms with van der Waals surface area (Å²) >= 11 is 0. The number of hydrazone groups is 1. The number of benzene rings is 1. The highest BCUT2D eigenvalue weighted by atomic mass is 16.5. The summed E-state index contributed by atoms with van der Waals surface area (Å²) < 4.78 is 5.74. The van der Waals surface area contributed by atoms with E-state index >= 15 is 0 Å². The third kappa shape index (κ3) is 2.06. The van der Waals surface area contributed by atoms with Crippen LogP contribution in [-0.2, 0) is 11.2 Å². The normalized spacial score (nSPS) is 24.2. The molecule has 1 fully saturated rings. The highest BCUT2D eigenvalue weighted by molar-refractivity contribution is 6.09. The number of amides is 1. The molecule has 21 heavy (non-hydrogen) atoms. The number of hydrogen-bond donors (Lipinski definition) is 2. The Morgan fingerprint density at radius 2 is 2.29 bits per heavy atom. The molecule has 0 aliphatic carbocycles. The van der Waals surface area contributed by atoms with E-state index in [4.69, 9.17) is 4.74 Å². The van der Waals surface area contributed by atoms with Gasteiger partial charge >= 0.3 is 0 Å². The van der Waals surface area contributed by atoms with Crippen molar-refractivity contribution in [3.63, 3.8) is 0 Å². The van der Waals surface area contributed by atoms with E-state index in [1.807, 2.05) is 17.9 Å². The van der Waals surface area contributed by atoms with Gasteiger partial charge in [-0.3, -0.25) is 4.79 Å². The van der Waals surface area contributed by atoms with Crippen molar-refractivity contribution in [1.29, 1.82) is 0 Å². The molecule has 2 N–H and O–H groups in total. The Labute approximate surface area is 123 Å². The number of carbonyl (C=O) groups is 1. The van der Waals surface area contributed by atoms with Gasteiger partial charge in [-0.25, -0.2) is 5.43 Å². The lowest BCUT2D eigenvalue weighted by Crippen LogP contribution is -2.55. The van der Waals surface area contributed by atoms with E-state index in [1.54, 1.807) is 0 Å². The molecule has 110 valence electrons. The number of nitrogens with zero attached hydrogens (tertiary/aromatic N) is 2. The van der Waals surface area contributed by atoms with Gasteiger partial charge in [0.15, 0.2) is 5.84 Å². The van der Waals surface area contributed by atoms with E-state index in [0.717, 1.165) is 36.8 Å². The Morgan fingerprint density at radius 3 is 3.05 bits per heavy atom. The van der Waals surface area contributed by atoms with Gasteiger partial charge in [0.05, 0.1) is 5.69 Å². The van der Waals surface area contributed by atoms with Crippen molar-refractivity contribution in [2.75, 3.05) is 24.6 Å². The van der Waals surface area contributed by atoms with E-state index in [1.165, 1.54) is 5.56 Å². The minimum absolute atomic E-state index is 0.0832. The lowest BCUT2D eigenvalue weighted by atomic mass is 9.93. The molecule has 1 unspecified atom stereocenters. The highest BCUT2D eigenvalue weighted by Crippen LogP contribution is 2.36. The molecule has 1 aromatic rings. The van der Waals surface area contributed by atoms with Crippen LogP contribution < -0.4 is 20.4 Å². The Kier molecular flexibility index (Phi) is 2.85. The summed E-state index contributed by atoms with van der Waals surface area (Å²) in [6.45, 7) is 4.46. The number of carbonyl (C=O) groups excluding carboxylic acids is 1. The first-order valence-electron chi connectivity index (χ1n) is 7.34. The van der Waals surface area contributed by atoms with Crippen LogP contribution in [0.25, 0.3) is 0 Å². The maximum absolute atomic E-state index is 11.9. The number of nitrogens with one attached hydrogen (secondary N) is 2. The topological polar surface area (TPSA) is 66.0 Å². The smallest absolute Gasteiger partial charge is 0.262 e. The van der Waals surface area contributed by atoms with Crippen LogP contribution in [-0.4, -0.2) is 37.5 Å². The van der Waals surface area contributed by atoms with Gasteiger partial charge in [0.25, 0.3) is 5.91 Å². The third-order valence-corrected chi connectivity index (χ3v) is 4.37. The fraction of sp³-hybridized carbons (Fsp3) is 0.467. The van der Waals surface area contributed by atoms with Gasteiger partial charge in [0.1, 0.15) is 18.4 Å². The predicted molar refractivity (Wildman–Crippen MR) is 79.5 cm³/mol. The molecule has 1 saturated heterocycles. The van der Waals surface area contributed by atoms with Gasteiger partial charge in [0.2, 0.25) is 0 Å². The summed E-state index contributed by atoms with van der Waals surface area (Å²) in [7, 11) is 0. The van der Waals surface area contributed by atoms with E-state index in [-0.39, 0.29) is 11.9 Å². The van der Waals surface area contributed by atoms with E-state index in [2.05, 4.69) is 28.0 Å². The summed E-state index contributed by atoms with van der Waals surface area (Å²) in [5.74, 6) is 2.21. The monoisotopic (exact) mass is 286 g/mol. The number of ether oxygens (including phenoxy) is 1. The third-order valence-electron chi connectivity index (χ3n) is 4.37. The van der Waals surface area contributed by atoms with E-state index < -0.39 is 0 Å². The molecule has 6 heteroatoms. The van der Waals surface area contributed by atoms with Crippen molar-refractivity contribution < 1.29 is 9.53 Å². The molecule has 3 aliphatic heterocycles. The largest absolute Gasteiger partial charge is 0.483 e. The van der Waals surface area contributed by atoms with Crippen molar-refractivity contribution in [2.24, 2.45) is 11.0 Å². The number of amidine groups is 1. The summed E-state index contributed by atoms with van der Waals surface area (Å²) in [5.41, 5.74) is 4.78. The van der Waals surface area contributed by atoms with Crippen molar-refractivity contribution in [3.8, 4) is 5.75 Å². The Morgan fingerprint density at radius 1 is 1.43 bits per heavy atom. The first kappa shape index (κ1) is 12.6. The molecule has 0 spiro atoms. The number of hydrogen-bond acceptors (Lipinski definition) is 5. The molecule has 0 bridgehead atoms. The zero-order valence-corrected chi connectivity index (χ0v) is 11.9. The Balaban J connectivity index is 1.69. The number of anilines is 1. The van der Waals surface area contributed by atoms with Gasteiger partial charge in [-0.05, 0) is 50.0 Å². The first-order valence-corrected chi connectivity index (χ1v) is 7.34. The molecule has 0 aromatic heterocycles. The van der Waals surface area contributed by atoms with Crippen LogP contribution in [0.4, 0.5) is 5.69 Å². The second kappa shape index (κ2) is 4.73. The van der Waals surface area contributed by atoms with Gasteiger partial charge < -0.3 is 15.0 Å². The van der Waals surface area contributed by atoms with Crippen molar-refractivity contribution in [3.05, 3.63) is 23.8 Å². The van der Waals surface area contributed by atoms with Crippen LogP contribution in [0.15, 0.2) is 23.3 Å². The zero-order valence-electron chi connectivity index (χ0n) is 11.9. The minimum atomic E-state index is -0.263. The van der Waals surface area contributed by atoms with Crippen LogP contribution in [0.5, 0.6) is 5.75 Å². The second-order valence-electron chi connectivity index (χ2n) is 5.87. The molecule has 1 atom stereocenters. The summed E-state index contributed by atoms with van der Waals surface area (Å²) in [5, 5.41) is 7.40. The molecule has 0 radical (unpaired) electrons. The number of rotatable bonds is 2. The Hall–Kier alpha value is -2.08. The van der Waals surface area contributed by atoms with Gasteiger partial charge in [0, 0.05) is 0 Å². The van der Waals surface area contributed by atoms with Crippen LogP contribution in [0.1, 0.15) is 12.5 Å². The van der Waals surface area contributed by atoms with Gasteiger partial charge in [-0.2, -0.15) is 5.10 Å². The zero-order chi connectivity index (χ0) is 14.4. The lowest BCUT2D eigenvalue weighted by Gasteiger charge is -2.38. The van der Waals surface area contributed by atoms with Crippen LogP contribution in [0.2, 0.25) is 0 Å². The standard InChI is InChI=1S/C15H18N4O2/c1-9-15(20)18-17-14-8-21-13-3-2-10(4-11-6-16-7-11)5-12(13)19(9)14/h2-3,5,9,11,16H,4,6-8H2,1H3,(H,18,20). The average molecular weight is 286 g/mol. The lowest BCUT2D eigenvalue weighted by molar-refractivity contribution is -0.122. The van der Waals surface area contributed by atoms with Crippen LogP contribution >= 0.6 is 0 Å². The van der Waals surface area contributed by atoms with Gasteiger partial charge in [-0.15, -0.1) is 0 Å². The molecule has 4 rings (SSSR count). The molecule has 6 nitrogen and oxygen atoms in total. The van der Waals surface area contributed by atoms with Crippen LogP contribution in [0.3, 0.4) is 0 Å². The molecule has 1 amide bonds. The quantitative estimate of drug-likeness (QED) is 0.830. The SMILES string of the molecule is CC1C(=O)NN=C2COc3ccc(CC4CNC4)cc3N21.